The van der Waals surface area contributed by atoms with Crippen molar-refractivity contribution in [2.24, 2.45) is 5.73 Å². The standard InChI is InChI=1S/C22H22FN5O4/c1-10-17(8-14-13-7-12(23)3-4-15(13)26-20(14)30)25-11(2)19(10)21(31)27-16-5-6-28(22(16)32)9-18(24)29/h3-4,7-8,16,25H,5-6,9H2,1-2H3,(H2,24,29)(H,26,30)(H,27,31)/b14-8-/t16-/m0/s1. The van der Waals surface area contributed by atoms with Gasteiger partial charge in [-0.25, -0.2) is 4.39 Å². The number of anilines is 1. The van der Waals surface area contributed by atoms with E-state index in [1.807, 2.05) is 0 Å². The van der Waals surface area contributed by atoms with Crippen molar-refractivity contribution in [3.05, 3.63) is 52.1 Å². The molecule has 4 rings (SSSR count). The Labute approximate surface area is 182 Å². The summed E-state index contributed by atoms with van der Waals surface area (Å²) < 4.78 is 13.7. The Bertz CT molecular complexity index is 1200. The Hall–Kier alpha value is -3.95. The molecule has 1 aromatic heterocycles. The molecule has 0 unspecified atom stereocenters. The van der Waals surface area contributed by atoms with Crippen molar-refractivity contribution in [3.63, 3.8) is 0 Å². The molecular formula is C22H22FN5O4. The number of nitrogens with one attached hydrogen (secondary N) is 3. The number of primary amides is 1. The van der Waals surface area contributed by atoms with Crippen LogP contribution < -0.4 is 16.4 Å². The van der Waals surface area contributed by atoms with E-state index < -0.39 is 23.7 Å². The van der Waals surface area contributed by atoms with Gasteiger partial charge in [0.05, 0.1) is 17.7 Å². The lowest BCUT2D eigenvalue weighted by molar-refractivity contribution is -0.133. The number of carbonyl (C=O) groups is 4. The van der Waals surface area contributed by atoms with Gasteiger partial charge in [-0.1, -0.05) is 0 Å². The lowest BCUT2D eigenvalue weighted by atomic mass is 10.0. The van der Waals surface area contributed by atoms with Gasteiger partial charge in [-0.05, 0) is 50.1 Å². The second kappa shape index (κ2) is 7.95. The number of fused-ring (bicyclic) bond motifs is 1. The second-order valence-corrected chi connectivity index (χ2v) is 7.91. The number of halogens is 1. The first-order chi connectivity index (χ1) is 15.2. The largest absolute Gasteiger partial charge is 0.368 e. The van der Waals surface area contributed by atoms with Crippen LogP contribution in [0.5, 0.6) is 0 Å². The highest BCUT2D eigenvalue weighted by Crippen LogP contribution is 2.34. The number of nitrogens with zero attached hydrogens (tertiary/aromatic N) is 1. The molecule has 5 N–H and O–H groups in total. The Morgan fingerprint density at radius 1 is 1.31 bits per heavy atom. The summed E-state index contributed by atoms with van der Waals surface area (Å²) >= 11 is 0. The van der Waals surface area contributed by atoms with Crippen molar-refractivity contribution in [1.29, 1.82) is 0 Å². The van der Waals surface area contributed by atoms with Gasteiger partial charge in [0.1, 0.15) is 11.9 Å². The number of nitrogens with two attached hydrogens (primary N) is 1. The minimum absolute atomic E-state index is 0.185. The van der Waals surface area contributed by atoms with Gasteiger partial charge >= 0.3 is 0 Å². The Balaban J connectivity index is 1.58. The summed E-state index contributed by atoms with van der Waals surface area (Å²) in [6.45, 7) is 3.58. The van der Waals surface area contributed by atoms with E-state index in [0.29, 0.717) is 46.7 Å². The molecule has 9 nitrogen and oxygen atoms in total. The summed E-state index contributed by atoms with van der Waals surface area (Å²) in [4.78, 5) is 53.2. The molecule has 10 heteroatoms. The SMILES string of the molecule is Cc1[nH]c(/C=C2\C(=O)Nc3ccc(F)cc32)c(C)c1C(=O)N[C@H]1CCN(CC(N)=O)C1=O. The zero-order valence-corrected chi connectivity index (χ0v) is 17.5. The maximum absolute atomic E-state index is 13.7. The minimum Gasteiger partial charge on any atom is -0.368 e. The molecule has 1 atom stereocenters. The van der Waals surface area contributed by atoms with E-state index in [1.54, 1.807) is 19.9 Å². The monoisotopic (exact) mass is 439 g/mol. The van der Waals surface area contributed by atoms with Crippen molar-refractivity contribution in [1.82, 2.24) is 15.2 Å². The van der Waals surface area contributed by atoms with Crippen LogP contribution in [0.3, 0.4) is 0 Å². The molecule has 166 valence electrons. The van der Waals surface area contributed by atoms with Crippen LogP contribution in [-0.2, 0) is 14.4 Å². The average Bonchev–Trinajstić information content (AvgIpc) is 3.31. The fraction of sp³-hybridized carbons (Fsp3) is 0.273. The normalized spacial score (nSPS) is 18.8. The number of hydrogen-bond donors (Lipinski definition) is 4. The predicted octanol–water partition coefficient (Wildman–Crippen LogP) is 1.08. The van der Waals surface area contributed by atoms with Crippen LogP contribution in [0, 0.1) is 19.7 Å². The molecule has 0 spiro atoms. The minimum atomic E-state index is -0.743. The van der Waals surface area contributed by atoms with E-state index in [9.17, 15) is 23.6 Å². The van der Waals surface area contributed by atoms with Crippen LogP contribution in [0.15, 0.2) is 18.2 Å². The van der Waals surface area contributed by atoms with Gasteiger partial charge < -0.3 is 26.3 Å². The number of carbonyl (C=O) groups excluding carboxylic acids is 4. The number of aryl methyl sites for hydroxylation is 1. The fourth-order valence-corrected chi connectivity index (χ4v) is 4.16. The number of H-pyrrole nitrogens is 1. The molecule has 1 aromatic carbocycles. The predicted molar refractivity (Wildman–Crippen MR) is 115 cm³/mol. The number of aromatic amines is 1. The average molecular weight is 439 g/mol. The molecule has 0 bridgehead atoms. The first-order valence-electron chi connectivity index (χ1n) is 10.1. The molecule has 1 fully saturated rings. The van der Waals surface area contributed by atoms with Gasteiger partial charge in [-0.15, -0.1) is 0 Å². The van der Waals surface area contributed by atoms with E-state index in [2.05, 4.69) is 15.6 Å². The van der Waals surface area contributed by atoms with E-state index >= 15 is 0 Å². The van der Waals surface area contributed by atoms with Crippen LogP contribution in [0.4, 0.5) is 10.1 Å². The van der Waals surface area contributed by atoms with Crippen LogP contribution in [-0.4, -0.2) is 52.6 Å². The lowest BCUT2D eigenvalue weighted by Gasteiger charge is -2.15. The van der Waals surface area contributed by atoms with Gasteiger partial charge in [-0.3, -0.25) is 19.2 Å². The number of benzene rings is 1. The van der Waals surface area contributed by atoms with Crippen molar-refractivity contribution in [2.45, 2.75) is 26.3 Å². The number of amides is 4. The maximum Gasteiger partial charge on any atom is 0.256 e. The summed E-state index contributed by atoms with van der Waals surface area (Å²) in [5, 5.41) is 5.40. The third kappa shape index (κ3) is 3.75. The zero-order valence-electron chi connectivity index (χ0n) is 17.5. The van der Waals surface area contributed by atoms with E-state index in [0.717, 1.165) is 0 Å². The van der Waals surface area contributed by atoms with Crippen LogP contribution in [0.25, 0.3) is 11.6 Å². The lowest BCUT2D eigenvalue weighted by Crippen LogP contribution is -2.43. The summed E-state index contributed by atoms with van der Waals surface area (Å²) in [5.41, 5.74) is 8.43. The van der Waals surface area contributed by atoms with Crippen molar-refractivity contribution >= 4 is 41.0 Å². The number of rotatable bonds is 5. The van der Waals surface area contributed by atoms with Gasteiger partial charge in [-0.2, -0.15) is 0 Å². The number of hydrogen-bond acceptors (Lipinski definition) is 4. The molecule has 3 heterocycles. The first kappa shape index (κ1) is 21.3. The summed E-state index contributed by atoms with van der Waals surface area (Å²) in [6, 6.07) is 3.30. The van der Waals surface area contributed by atoms with Crippen LogP contribution in [0.2, 0.25) is 0 Å². The van der Waals surface area contributed by atoms with Crippen molar-refractivity contribution in [3.8, 4) is 0 Å². The smallest absolute Gasteiger partial charge is 0.256 e. The third-order valence-corrected chi connectivity index (χ3v) is 5.71. The second-order valence-electron chi connectivity index (χ2n) is 7.91. The van der Waals surface area contributed by atoms with Gasteiger partial charge in [0.25, 0.3) is 11.8 Å². The summed E-state index contributed by atoms with van der Waals surface area (Å²) in [7, 11) is 0. The van der Waals surface area contributed by atoms with E-state index in [4.69, 9.17) is 5.73 Å². The van der Waals surface area contributed by atoms with Crippen LogP contribution in [0.1, 0.15) is 39.3 Å². The van der Waals surface area contributed by atoms with E-state index in [-0.39, 0.29) is 23.9 Å². The molecule has 1 saturated heterocycles. The quantitative estimate of drug-likeness (QED) is 0.518. The van der Waals surface area contributed by atoms with Crippen molar-refractivity contribution in [2.75, 3.05) is 18.4 Å². The molecular weight excluding hydrogens is 417 g/mol. The third-order valence-electron chi connectivity index (χ3n) is 5.71. The molecule has 0 radical (unpaired) electrons. The molecule has 0 aliphatic carbocycles. The highest BCUT2D eigenvalue weighted by molar-refractivity contribution is 6.34. The maximum atomic E-state index is 13.7. The van der Waals surface area contributed by atoms with E-state index in [1.165, 1.54) is 23.1 Å². The Morgan fingerprint density at radius 2 is 2.06 bits per heavy atom. The Morgan fingerprint density at radius 3 is 2.78 bits per heavy atom. The van der Waals surface area contributed by atoms with Gasteiger partial charge in [0.15, 0.2) is 0 Å². The topological polar surface area (TPSA) is 137 Å². The molecule has 0 saturated carbocycles. The molecule has 2 aliphatic heterocycles. The van der Waals surface area contributed by atoms with Gasteiger partial charge in [0.2, 0.25) is 11.8 Å². The molecule has 2 aliphatic rings. The fourth-order valence-electron chi connectivity index (χ4n) is 4.16. The highest BCUT2D eigenvalue weighted by Gasteiger charge is 2.34. The summed E-state index contributed by atoms with van der Waals surface area (Å²) in [5.74, 6) is -2.24. The first-order valence-corrected chi connectivity index (χ1v) is 10.1. The summed E-state index contributed by atoms with van der Waals surface area (Å²) in [6.07, 6.45) is 1.95. The number of aromatic nitrogens is 1. The Kier molecular flexibility index (Phi) is 5.29. The van der Waals surface area contributed by atoms with Gasteiger partial charge in [0, 0.05) is 29.2 Å². The van der Waals surface area contributed by atoms with Crippen molar-refractivity contribution < 1.29 is 23.6 Å². The molecule has 4 amide bonds. The molecule has 2 aromatic rings. The number of likely N-dealkylation sites (tertiary alicyclic amines) is 1. The van der Waals surface area contributed by atoms with Crippen LogP contribution >= 0.6 is 0 Å². The molecule has 32 heavy (non-hydrogen) atoms. The zero-order chi connectivity index (χ0) is 23.2. The highest BCUT2D eigenvalue weighted by atomic mass is 19.1.